The van der Waals surface area contributed by atoms with Gasteiger partial charge in [-0.1, -0.05) is 41.4 Å². The molecule has 0 aliphatic rings. The quantitative estimate of drug-likeness (QED) is 0.323. The maximum Gasteiger partial charge on any atom is 0.354 e. The molecule has 4 rings (SSSR count). The molecule has 2 aromatic carbocycles. The summed E-state index contributed by atoms with van der Waals surface area (Å²) in [5.41, 5.74) is 4.68. The van der Waals surface area contributed by atoms with Crippen LogP contribution in [0, 0.1) is 0 Å². The van der Waals surface area contributed by atoms with E-state index < -0.39 is 0 Å². The summed E-state index contributed by atoms with van der Waals surface area (Å²) in [6.45, 7) is 2.62. The average molecular weight is 430 g/mol. The van der Waals surface area contributed by atoms with Crippen LogP contribution in [0.5, 0.6) is 0 Å². The Morgan fingerprint density at radius 1 is 1.11 bits per heavy atom. The summed E-state index contributed by atoms with van der Waals surface area (Å²) >= 11 is 13.9. The summed E-state index contributed by atoms with van der Waals surface area (Å²) in [6, 6.07) is 15.6. The first-order valence-corrected chi connectivity index (χ1v) is 10.5. The van der Waals surface area contributed by atoms with Crippen LogP contribution in [0.4, 0.5) is 0 Å². The average Bonchev–Trinajstić information content (AvgIpc) is 3.33. The molecule has 0 fully saturated rings. The Kier molecular flexibility index (Phi) is 5.44. The molecule has 0 saturated heterocycles. The van der Waals surface area contributed by atoms with Gasteiger partial charge in [0.2, 0.25) is 0 Å². The van der Waals surface area contributed by atoms with Crippen molar-refractivity contribution >= 4 is 51.4 Å². The van der Waals surface area contributed by atoms with E-state index >= 15 is 0 Å². The SMILES string of the molecule is CCOC(=O)c1cc2c(-c3ccsc3)cccc2n1Cc1ccc(Cl)c(Cl)c1. The van der Waals surface area contributed by atoms with Crippen molar-refractivity contribution in [3.8, 4) is 11.1 Å². The number of benzene rings is 2. The van der Waals surface area contributed by atoms with Crippen LogP contribution in [0.15, 0.2) is 59.3 Å². The van der Waals surface area contributed by atoms with E-state index in [0.717, 1.165) is 27.6 Å². The van der Waals surface area contributed by atoms with Gasteiger partial charge in [-0.05, 0) is 64.7 Å². The first kappa shape index (κ1) is 19.1. The molecule has 2 heterocycles. The van der Waals surface area contributed by atoms with Crippen molar-refractivity contribution in [1.82, 2.24) is 4.57 Å². The van der Waals surface area contributed by atoms with Gasteiger partial charge in [0, 0.05) is 17.4 Å². The van der Waals surface area contributed by atoms with Gasteiger partial charge in [-0.15, -0.1) is 0 Å². The highest BCUT2D eigenvalue weighted by atomic mass is 35.5. The van der Waals surface area contributed by atoms with Gasteiger partial charge in [0.15, 0.2) is 0 Å². The van der Waals surface area contributed by atoms with E-state index in [0.29, 0.717) is 28.9 Å². The van der Waals surface area contributed by atoms with Crippen LogP contribution >= 0.6 is 34.5 Å². The third kappa shape index (κ3) is 3.55. The lowest BCUT2D eigenvalue weighted by molar-refractivity contribution is 0.0515. The summed E-state index contributed by atoms with van der Waals surface area (Å²) in [7, 11) is 0. The van der Waals surface area contributed by atoms with Gasteiger partial charge >= 0.3 is 5.97 Å². The van der Waals surface area contributed by atoms with E-state index in [1.807, 2.05) is 40.3 Å². The first-order valence-electron chi connectivity index (χ1n) is 8.84. The predicted octanol–water partition coefficient (Wildman–Crippen LogP) is 6.90. The number of carbonyl (C=O) groups excluding carboxylic acids is 1. The number of hydrogen-bond donors (Lipinski definition) is 0. The molecule has 3 nitrogen and oxygen atoms in total. The minimum absolute atomic E-state index is 0.324. The van der Waals surface area contributed by atoms with Crippen LogP contribution in [0.2, 0.25) is 10.0 Å². The summed E-state index contributed by atoms with van der Waals surface area (Å²) in [5, 5.41) is 6.17. The number of hydrogen-bond acceptors (Lipinski definition) is 3. The highest BCUT2D eigenvalue weighted by Crippen LogP contribution is 2.33. The predicted molar refractivity (Wildman–Crippen MR) is 117 cm³/mol. The number of ether oxygens (including phenoxy) is 1. The van der Waals surface area contributed by atoms with E-state index in [4.69, 9.17) is 27.9 Å². The lowest BCUT2D eigenvalue weighted by Gasteiger charge is -2.11. The monoisotopic (exact) mass is 429 g/mol. The fraction of sp³-hybridized carbons (Fsp3) is 0.136. The summed E-state index contributed by atoms with van der Waals surface area (Å²) in [4.78, 5) is 12.7. The van der Waals surface area contributed by atoms with Gasteiger partial charge in [0.05, 0.1) is 16.7 Å². The Labute approximate surface area is 177 Å². The van der Waals surface area contributed by atoms with Crippen LogP contribution in [-0.4, -0.2) is 17.1 Å². The molecule has 6 heteroatoms. The van der Waals surface area contributed by atoms with Crippen molar-refractivity contribution in [2.75, 3.05) is 6.61 Å². The number of esters is 1. The van der Waals surface area contributed by atoms with Crippen molar-refractivity contribution in [2.45, 2.75) is 13.5 Å². The summed E-state index contributed by atoms with van der Waals surface area (Å²) in [5.74, 6) is -0.338. The second kappa shape index (κ2) is 8.00. The molecule has 2 aromatic heterocycles. The molecule has 0 saturated carbocycles. The van der Waals surface area contributed by atoms with Crippen LogP contribution < -0.4 is 0 Å². The molecular weight excluding hydrogens is 413 g/mol. The molecule has 28 heavy (non-hydrogen) atoms. The fourth-order valence-electron chi connectivity index (χ4n) is 3.32. The Balaban J connectivity index is 1.89. The Morgan fingerprint density at radius 2 is 1.96 bits per heavy atom. The number of nitrogens with zero attached hydrogens (tertiary/aromatic N) is 1. The van der Waals surface area contributed by atoms with Crippen molar-refractivity contribution in [2.24, 2.45) is 0 Å². The fourth-order valence-corrected chi connectivity index (χ4v) is 4.30. The third-order valence-corrected chi connectivity index (χ3v) is 6.01. The highest BCUT2D eigenvalue weighted by Gasteiger charge is 2.19. The summed E-state index contributed by atoms with van der Waals surface area (Å²) in [6.07, 6.45) is 0. The van der Waals surface area contributed by atoms with Crippen LogP contribution in [-0.2, 0) is 11.3 Å². The molecule has 0 bridgehead atoms. The molecule has 0 amide bonds. The lowest BCUT2D eigenvalue weighted by Crippen LogP contribution is -2.12. The van der Waals surface area contributed by atoms with E-state index in [-0.39, 0.29) is 5.97 Å². The Hall–Kier alpha value is -2.27. The zero-order chi connectivity index (χ0) is 19.7. The molecule has 0 N–H and O–H groups in total. The van der Waals surface area contributed by atoms with Gasteiger partial charge in [-0.2, -0.15) is 11.3 Å². The molecule has 0 spiro atoms. The second-order valence-corrected chi connectivity index (χ2v) is 7.93. The third-order valence-electron chi connectivity index (χ3n) is 4.59. The van der Waals surface area contributed by atoms with Crippen LogP contribution in [0.3, 0.4) is 0 Å². The molecule has 0 aliphatic carbocycles. The van der Waals surface area contributed by atoms with Crippen molar-refractivity contribution in [3.05, 3.63) is 80.6 Å². The molecule has 0 aliphatic heterocycles. The maximum atomic E-state index is 12.7. The molecular formula is C22H17Cl2NO2S. The van der Waals surface area contributed by atoms with Gasteiger partial charge in [0.25, 0.3) is 0 Å². The standard InChI is InChI=1S/C22H17Cl2NO2S/c1-2-27-22(26)21-11-17-16(15-8-9-28-13-15)4-3-5-20(17)25(21)12-14-6-7-18(23)19(24)10-14/h3-11,13H,2,12H2,1H3. The van der Waals surface area contributed by atoms with Crippen molar-refractivity contribution in [3.63, 3.8) is 0 Å². The van der Waals surface area contributed by atoms with Crippen molar-refractivity contribution < 1.29 is 9.53 Å². The molecule has 0 atom stereocenters. The molecule has 0 radical (unpaired) electrons. The Morgan fingerprint density at radius 3 is 2.68 bits per heavy atom. The number of thiophene rings is 1. The number of halogens is 2. The number of aromatic nitrogens is 1. The summed E-state index contributed by atoms with van der Waals surface area (Å²) < 4.78 is 7.28. The Bertz CT molecular complexity index is 1150. The van der Waals surface area contributed by atoms with Crippen LogP contribution in [0.25, 0.3) is 22.0 Å². The largest absolute Gasteiger partial charge is 0.461 e. The topological polar surface area (TPSA) is 31.2 Å². The van der Waals surface area contributed by atoms with Gasteiger partial charge < -0.3 is 9.30 Å². The second-order valence-electron chi connectivity index (χ2n) is 6.34. The number of fused-ring (bicyclic) bond motifs is 1. The highest BCUT2D eigenvalue weighted by molar-refractivity contribution is 7.08. The van der Waals surface area contributed by atoms with Gasteiger partial charge in [-0.25, -0.2) is 4.79 Å². The minimum Gasteiger partial charge on any atom is -0.461 e. The minimum atomic E-state index is -0.338. The lowest BCUT2D eigenvalue weighted by atomic mass is 10.0. The van der Waals surface area contributed by atoms with E-state index in [1.165, 1.54) is 0 Å². The number of rotatable bonds is 5. The maximum absolute atomic E-state index is 12.7. The van der Waals surface area contributed by atoms with Gasteiger partial charge in [0.1, 0.15) is 5.69 Å². The zero-order valence-electron chi connectivity index (χ0n) is 15.1. The van der Waals surface area contributed by atoms with E-state index in [9.17, 15) is 4.79 Å². The van der Waals surface area contributed by atoms with E-state index in [2.05, 4.69) is 17.5 Å². The van der Waals surface area contributed by atoms with Crippen molar-refractivity contribution in [1.29, 1.82) is 0 Å². The number of carbonyl (C=O) groups is 1. The first-order chi connectivity index (χ1) is 13.6. The molecule has 142 valence electrons. The van der Waals surface area contributed by atoms with Gasteiger partial charge in [-0.3, -0.25) is 0 Å². The smallest absolute Gasteiger partial charge is 0.354 e. The normalized spacial score (nSPS) is 11.1. The molecule has 0 unspecified atom stereocenters. The van der Waals surface area contributed by atoms with E-state index in [1.54, 1.807) is 24.3 Å². The zero-order valence-corrected chi connectivity index (χ0v) is 17.4. The van der Waals surface area contributed by atoms with Crippen LogP contribution in [0.1, 0.15) is 23.0 Å². The molecule has 4 aromatic rings.